The van der Waals surface area contributed by atoms with Gasteiger partial charge in [0, 0.05) is 6.92 Å². The summed E-state index contributed by atoms with van der Waals surface area (Å²) in [6.45, 7) is 0.356. The van der Waals surface area contributed by atoms with Crippen molar-refractivity contribution in [1.82, 2.24) is 4.90 Å². The summed E-state index contributed by atoms with van der Waals surface area (Å²) in [4.78, 5) is 32.6. The normalized spacial score (nSPS) is 9.08. The number of aliphatic carboxylic acids is 1. The maximum atomic E-state index is 10.8. The van der Waals surface area contributed by atoms with Gasteiger partial charge in [-0.1, -0.05) is 0 Å². The first-order valence-corrected chi connectivity index (χ1v) is 3.51. The molecule has 6 heteroatoms. The summed E-state index contributed by atoms with van der Waals surface area (Å²) in [5.41, 5.74) is 0. The molecule has 0 aliphatic heterocycles. The van der Waals surface area contributed by atoms with E-state index < -0.39 is 24.4 Å². The van der Waals surface area contributed by atoms with Crippen LogP contribution < -0.4 is 0 Å². The number of carboxylic acid groups (broad SMARTS) is 1. The molecule has 0 rings (SSSR count). The Morgan fingerprint density at radius 2 is 1.85 bits per heavy atom. The zero-order valence-corrected chi connectivity index (χ0v) is 7.44. The van der Waals surface area contributed by atoms with Crippen LogP contribution in [0, 0.1) is 0 Å². The molecule has 0 spiro atoms. The smallest absolute Gasteiger partial charge is 0.325 e. The highest BCUT2D eigenvalue weighted by molar-refractivity contribution is 5.84. The molecule has 74 valence electrons. The van der Waals surface area contributed by atoms with Gasteiger partial charge in [0.2, 0.25) is 5.91 Å². The molecule has 0 aromatic carbocycles. The monoisotopic (exact) mass is 189 g/mol. The van der Waals surface area contributed by atoms with Gasteiger partial charge < -0.3 is 14.7 Å². The summed E-state index contributed by atoms with van der Waals surface area (Å²) >= 11 is 0. The maximum Gasteiger partial charge on any atom is 0.325 e. The Morgan fingerprint density at radius 3 is 2.15 bits per heavy atom. The van der Waals surface area contributed by atoms with Gasteiger partial charge in [0.25, 0.3) is 0 Å². The van der Waals surface area contributed by atoms with Crippen molar-refractivity contribution in [2.24, 2.45) is 0 Å². The number of hydrogen-bond acceptors (Lipinski definition) is 4. The second-order valence-electron chi connectivity index (χ2n) is 2.34. The summed E-state index contributed by atoms with van der Waals surface area (Å²) in [7, 11) is 1.17. The first-order valence-electron chi connectivity index (χ1n) is 3.51. The van der Waals surface area contributed by atoms with Crippen molar-refractivity contribution in [2.75, 3.05) is 20.2 Å². The predicted octanol–water partition coefficient (Wildman–Crippen LogP) is -0.908. The zero-order chi connectivity index (χ0) is 10.4. The minimum absolute atomic E-state index is 0.335. The molecule has 1 N–H and O–H groups in total. The number of nitrogens with zero attached hydrogens (tertiary/aromatic N) is 1. The second-order valence-corrected chi connectivity index (χ2v) is 2.34. The molecule has 0 aromatic heterocycles. The molecular weight excluding hydrogens is 178 g/mol. The third kappa shape index (κ3) is 4.78. The van der Waals surface area contributed by atoms with Crippen LogP contribution in [0.5, 0.6) is 0 Å². The molecule has 0 bridgehead atoms. The minimum Gasteiger partial charge on any atom is -0.480 e. The fraction of sp³-hybridized carbons (Fsp3) is 0.571. The van der Waals surface area contributed by atoms with E-state index in [9.17, 15) is 14.4 Å². The van der Waals surface area contributed by atoms with Crippen LogP contribution in [0.2, 0.25) is 0 Å². The molecule has 0 radical (unpaired) electrons. The molecule has 0 aliphatic rings. The van der Waals surface area contributed by atoms with Gasteiger partial charge in [0.1, 0.15) is 13.1 Å². The van der Waals surface area contributed by atoms with E-state index in [0.29, 0.717) is 0 Å². The Balaban J connectivity index is 4.18. The lowest BCUT2D eigenvalue weighted by molar-refractivity contribution is -0.150. The molecule has 0 saturated carbocycles. The van der Waals surface area contributed by atoms with Crippen LogP contribution in [0.4, 0.5) is 0 Å². The fourth-order valence-corrected chi connectivity index (χ4v) is 0.662. The maximum absolute atomic E-state index is 10.8. The molecule has 13 heavy (non-hydrogen) atoms. The average molecular weight is 189 g/mol. The topological polar surface area (TPSA) is 83.9 Å². The van der Waals surface area contributed by atoms with Crippen LogP contribution >= 0.6 is 0 Å². The molecule has 0 saturated heterocycles. The number of carbonyl (C=O) groups excluding carboxylic acids is 2. The molecule has 0 heterocycles. The van der Waals surface area contributed by atoms with E-state index in [2.05, 4.69) is 4.74 Å². The average Bonchev–Trinajstić information content (AvgIpc) is 2.02. The molecule has 0 unspecified atom stereocenters. The van der Waals surface area contributed by atoms with Crippen LogP contribution in [0.1, 0.15) is 6.92 Å². The SMILES string of the molecule is COC(=O)CN(CC(=O)O)C(C)=O. The lowest BCUT2D eigenvalue weighted by atomic mass is 10.4. The zero-order valence-electron chi connectivity index (χ0n) is 7.44. The van der Waals surface area contributed by atoms with E-state index >= 15 is 0 Å². The number of hydrogen-bond donors (Lipinski definition) is 1. The highest BCUT2D eigenvalue weighted by atomic mass is 16.5. The third-order valence-corrected chi connectivity index (χ3v) is 1.32. The lowest BCUT2D eigenvalue weighted by Crippen LogP contribution is -2.38. The molecule has 1 amide bonds. The Hall–Kier alpha value is -1.59. The van der Waals surface area contributed by atoms with Gasteiger partial charge in [-0.15, -0.1) is 0 Å². The first kappa shape index (κ1) is 11.4. The number of amides is 1. The van der Waals surface area contributed by atoms with Gasteiger partial charge in [0.15, 0.2) is 0 Å². The second kappa shape index (κ2) is 5.13. The number of carbonyl (C=O) groups is 3. The molecular formula is C7H11NO5. The van der Waals surface area contributed by atoms with Crippen LogP contribution in [0.25, 0.3) is 0 Å². The van der Waals surface area contributed by atoms with Crippen molar-refractivity contribution in [3.05, 3.63) is 0 Å². The van der Waals surface area contributed by atoms with Crippen LogP contribution in [-0.4, -0.2) is 48.1 Å². The van der Waals surface area contributed by atoms with Crippen LogP contribution in [0.3, 0.4) is 0 Å². The van der Waals surface area contributed by atoms with Gasteiger partial charge in [-0.05, 0) is 0 Å². The number of carboxylic acids is 1. The molecule has 0 atom stereocenters. The minimum atomic E-state index is -1.17. The van der Waals surface area contributed by atoms with Crippen molar-refractivity contribution in [2.45, 2.75) is 6.92 Å². The van der Waals surface area contributed by atoms with Gasteiger partial charge in [-0.2, -0.15) is 0 Å². The van der Waals surface area contributed by atoms with E-state index in [-0.39, 0.29) is 6.54 Å². The van der Waals surface area contributed by atoms with Gasteiger partial charge in [-0.25, -0.2) is 0 Å². The van der Waals surface area contributed by atoms with Gasteiger partial charge in [-0.3, -0.25) is 14.4 Å². The van der Waals surface area contributed by atoms with Crippen molar-refractivity contribution in [3.63, 3.8) is 0 Å². The largest absolute Gasteiger partial charge is 0.480 e. The molecule has 0 aliphatic carbocycles. The van der Waals surface area contributed by atoms with E-state index in [4.69, 9.17) is 5.11 Å². The Kier molecular flexibility index (Phi) is 4.50. The quantitative estimate of drug-likeness (QED) is 0.579. The first-order chi connectivity index (χ1) is 5.97. The summed E-state index contributed by atoms with van der Waals surface area (Å²) in [5.74, 6) is -2.29. The van der Waals surface area contributed by atoms with E-state index in [1.165, 1.54) is 14.0 Å². The highest BCUT2D eigenvalue weighted by Gasteiger charge is 2.16. The third-order valence-electron chi connectivity index (χ3n) is 1.32. The van der Waals surface area contributed by atoms with Gasteiger partial charge in [0.05, 0.1) is 7.11 Å². The number of methoxy groups -OCH3 is 1. The standard InChI is InChI=1S/C7H11NO5/c1-5(9)8(3-6(10)11)4-7(12)13-2/h3-4H2,1-2H3,(H,10,11). The highest BCUT2D eigenvalue weighted by Crippen LogP contribution is 1.90. The van der Waals surface area contributed by atoms with E-state index in [1.54, 1.807) is 0 Å². The summed E-state index contributed by atoms with van der Waals surface area (Å²) in [6, 6.07) is 0. The van der Waals surface area contributed by atoms with Crippen molar-refractivity contribution in [3.8, 4) is 0 Å². The Morgan fingerprint density at radius 1 is 1.31 bits per heavy atom. The molecule has 0 aromatic rings. The fourth-order valence-electron chi connectivity index (χ4n) is 0.662. The van der Waals surface area contributed by atoms with Gasteiger partial charge >= 0.3 is 11.9 Å². The summed E-state index contributed by atoms with van der Waals surface area (Å²) in [6.07, 6.45) is 0. The van der Waals surface area contributed by atoms with Crippen LogP contribution in [0.15, 0.2) is 0 Å². The Labute approximate surface area is 75.1 Å². The van der Waals surface area contributed by atoms with Crippen molar-refractivity contribution in [1.29, 1.82) is 0 Å². The summed E-state index contributed by atoms with van der Waals surface area (Å²) in [5, 5.41) is 8.37. The Bertz CT molecular complexity index is 225. The van der Waals surface area contributed by atoms with E-state index in [0.717, 1.165) is 4.90 Å². The number of esters is 1. The number of rotatable bonds is 4. The van der Waals surface area contributed by atoms with Crippen molar-refractivity contribution < 1.29 is 24.2 Å². The van der Waals surface area contributed by atoms with E-state index in [1.807, 2.05) is 0 Å². The number of ether oxygens (including phenoxy) is 1. The predicted molar refractivity (Wildman–Crippen MR) is 41.9 cm³/mol. The lowest BCUT2D eigenvalue weighted by Gasteiger charge is -2.16. The summed E-state index contributed by atoms with van der Waals surface area (Å²) < 4.78 is 4.29. The van der Waals surface area contributed by atoms with Crippen molar-refractivity contribution >= 4 is 17.8 Å². The molecule has 0 fully saturated rings. The van der Waals surface area contributed by atoms with Crippen LogP contribution in [-0.2, 0) is 19.1 Å². The molecule has 6 nitrogen and oxygen atoms in total.